The summed E-state index contributed by atoms with van der Waals surface area (Å²) < 4.78 is 1.39. The second-order valence-electron chi connectivity index (χ2n) is 5.37. The minimum atomic E-state index is 0.455. The first-order chi connectivity index (χ1) is 9.16. The molecule has 3 heteroatoms. The van der Waals surface area contributed by atoms with Gasteiger partial charge < -0.3 is 10.2 Å². The highest BCUT2D eigenvalue weighted by Gasteiger charge is 2.08. The molecule has 1 N–H and O–H groups in total. The van der Waals surface area contributed by atoms with Crippen molar-refractivity contribution in [3.8, 4) is 0 Å². The number of hydrogen-bond donors (Lipinski definition) is 1. The number of thiophene rings is 1. The molecule has 1 unspecified atom stereocenters. The molecule has 0 amide bonds. The molecule has 2 rings (SSSR count). The molecule has 19 heavy (non-hydrogen) atoms. The Morgan fingerprint density at radius 1 is 1.21 bits per heavy atom. The molecule has 0 spiro atoms. The van der Waals surface area contributed by atoms with Gasteiger partial charge in [0.25, 0.3) is 0 Å². The first-order valence-electron chi connectivity index (χ1n) is 7.03. The zero-order valence-corrected chi connectivity index (χ0v) is 13.0. The number of nitrogens with zero attached hydrogens (tertiary/aromatic N) is 1. The second kappa shape index (κ2) is 7.04. The third kappa shape index (κ3) is 4.30. The molecule has 104 valence electrons. The Labute approximate surface area is 120 Å². The maximum Gasteiger partial charge on any atom is 0.0386 e. The van der Waals surface area contributed by atoms with Gasteiger partial charge in [-0.25, -0.2) is 0 Å². The number of hydrogen-bond acceptors (Lipinski definition) is 3. The summed E-state index contributed by atoms with van der Waals surface area (Å²) in [5, 5.41) is 4.99. The maximum absolute atomic E-state index is 3.63. The van der Waals surface area contributed by atoms with Crippen LogP contribution in [0.5, 0.6) is 0 Å². The van der Waals surface area contributed by atoms with E-state index in [0.717, 1.165) is 6.54 Å². The van der Waals surface area contributed by atoms with E-state index in [9.17, 15) is 0 Å². The van der Waals surface area contributed by atoms with Crippen LogP contribution in [0.3, 0.4) is 0 Å². The zero-order chi connectivity index (χ0) is 13.7. The summed E-state index contributed by atoms with van der Waals surface area (Å²) in [5.41, 5.74) is 0. The van der Waals surface area contributed by atoms with Crippen LogP contribution in [-0.4, -0.2) is 32.1 Å². The van der Waals surface area contributed by atoms with Crippen molar-refractivity contribution in [1.29, 1.82) is 0 Å². The van der Waals surface area contributed by atoms with Crippen LogP contribution in [0.15, 0.2) is 30.3 Å². The summed E-state index contributed by atoms with van der Waals surface area (Å²) in [6.45, 7) is 4.54. The Morgan fingerprint density at radius 3 is 2.74 bits per heavy atom. The van der Waals surface area contributed by atoms with Gasteiger partial charge in [-0.3, -0.25) is 0 Å². The highest BCUT2D eigenvalue weighted by molar-refractivity contribution is 7.19. The molecule has 1 atom stereocenters. The van der Waals surface area contributed by atoms with Gasteiger partial charge in [-0.15, -0.1) is 11.3 Å². The van der Waals surface area contributed by atoms with Gasteiger partial charge in [0.15, 0.2) is 0 Å². The van der Waals surface area contributed by atoms with Gasteiger partial charge in [0.05, 0.1) is 0 Å². The van der Waals surface area contributed by atoms with Gasteiger partial charge in [-0.05, 0) is 64.5 Å². The van der Waals surface area contributed by atoms with Gasteiger partial charge in [-0.1, -0.05) is 18.2 Å². The Bertz CT molecular complexity index is 471. The summed E-state index contributed by atoms with van der Waals surface area (Å²) in [6.07, 6.45) is 2.51. The standard InChI is InChI=1S/C16H24N2S/c1-13(17-10-6-7-11-18(2)3)16-12-14-8-4-5-9-15(14)19-16/h4-5,8-9,12-13,17H,6-7,10-11H2,1-3H3. The van der Waals surface area contributed by atoms with E-state index in [0.29, 0.717) is 6.04 Å². The molecule has 0 fully saturated rings. The molecule has 2 aromatic rings. The smallest absolute Gasteiger partial charge is 0.0386 e. The average molecular weight is 276 g/mol. The van der Waals surface area contributed by atoms with Crippen molar-refractivity contribution in [2.75, 3.05) is 27.2 Å². The molecule has 1 aromatic carbocycles. The van der Waals surface area contributed by atoms with Gasteiger partial charge >= 0.3 is 0 Å². The van der Waals surface area contributed by atoms with Crippen molar-refractivity contribution >= 4 is 21.4 Å². The lowest BCUT2D eigenvalue weighted by Crippen LogP contribution is -2.20. The highest BCUT2D eigenvalue weighted by atomic mass is 32.1. The van der Waals surface area contributed by atoms with Crippen LogP contribution >= 0.6 is 11.3 Å². The van der Waals surface area contributed by atoms with E-state index in [-0.39, 0.29) is 0 Å². The van der Waals surface area contributed by atoms with Crippen LogP contribution in [0.1, 0.15) is 30.7 Å². The third-order valence-corrected chi connectivity index (χ3v) is 4.65. The molecular formula is C16H24N2S. The minimum Gasteiger partial charge on any atom is -0.309 e. The summed E-state index contributed by atoms with van der Waals surface area (Å²) >= 11 is 1.90. The van der Waals surface area contributed by atoms with Crippen molar-refractivity contribution in [2.24, 2.45) is 0 Å². The van der Waals surface area contributed by atoms with Crippen LogP contribution in [-0.2, 0) is 0 Å². The largest absolute Gasteiger partial charge is 0.309 e. The molecule has 0 saturated heterocycles. The Kier molecular flexibility index (Phi) is 5.37. The predicted octanol–water partition coefficient (Wildman–Crippen LogP) is 3.89. The van der Waals surface area contributed by atoms with Crippen molar-refractivity contribution in [3.05, 3.63) is 35.2 Å². The first kappa shape index (κ1) is 14.5. The van der Waals surface area contributed by atoms with E-state index in [1.165, 1.54) is 34.3 Å². The lowest BCUT2D eigenvalue weighted by Gasteiger charge is -2.13. The normalized spacial score (nSPS) is 13.3. The lowest BCUT2D eigenvalue weighted by atomic mass is 10.2. The van der Waals surface area contributed by atoms with Crippen molar-refractivity contribution in [2.45, 2.75) is 25.8 Å². The van der Waals surface area contributed by atoms with E-state index >= 15 is 0 Å². The summed E-state index contributed by atoms with van der Waals surface area (Å²) in [5.74, 6) is 0. The van der Waals surface area contributed by atoms with Crippen molar-refractivity contribution < 1.29 is 0 Å². The molecule has 0 bridgehead atoms. The number of fused-ring (bicyclic) bond motifs is 1. The van der Waals surface area contributed by atoms with Gasteiger partial charge in [0.1, 0.15) is 0 Å². The summed E-state index contributed by atoms with van der Waals surface area (Å²) in [7, 11) is 4.26. The SMILES string of the molecule is CC(NCCCCN(C)C)c1cc2ccccc2s1. The van der Waals surface area contributed by atoms with E-state index in [2.05, 4.69) is 61.6 Å². The Morgan fingerprint density at radius 2 is 2.00 bits per heavy atom. The second-order valence-corrected chi connectivity index (χ2v) is 6.49. The third-order valence-electron chi connectivity index (χ3n) is 3.35. The quantitative estimate of drug-likeness (QED) is 0.772. The van der Waals surface area contributed by atoms with Crippen molar-refractivity contribution in [3.63, 3.8) is 0 Å². The number of unbranched alkanes of at least 4 members (excludes halogenated alkanes) is 1. The highest BCUT2D eigenvalue weighted by Crippen LogP contribution is 2.29. The number of benzene rings is 1. The molecule has 0 aliphatic rings. The zero-order valence-electron chi connectivity index (χ0n) is 12.1. The van der Waals surface area contributed by atoms with E-state index in [4.69, 9.17) is 0 Å². The van der Waals surface area contributed by atoms with Crippen LogP contribution in [0, 0.1) is 0 Å². The monoisotopic (exact) mass is 276 g/mol. The fourth-order valence-corrected chi connectivity index (χ4v) is 3.28. The fourth-order valence-electron chi connectivity index (χ4n) is 2.19. The number of rotatable bonds is 7. The van der Waals surface area contributed by atoms with Crippen molar-refractivity contribution in [1.82, 2.24) is 10.2 Å². The fraction of sp³-hybridized carbons (Fsp3) is 0.500. The van der Waals surface area contributed by atoms with Gasteiger partial charge in [0, 0.05) is 15.6 Å². The van der Waals surface area contributed by atoms with Crippen LogP contribution in [0.4, 0.5) is 0 Å². The molecule has 0 aliphatic carbocycles. The predicted molar refractivity (Wildman–Crippen MR) is 86.0 cm³/mol. The van der Waals surface area contributed by atoms with E-state index < -0.39 is 0 Å². The topological polar surface area (TPSA) is 15.3 Å². The Hall–Kier alpha value is -0.900. The lowest BCUT2D eigenvalue weighted by molar-refractivity contribution is 0.389. The molecule has 0 aliphatic heterocycles. The molecule has 1 heterocycles. The maximum atomic E-state index is 3.63. The van der Waals surface area contributed by atoms with Gasteiger partial charge in [-0.2, -0.15) is 0 Å². The summed E-state index contributed by atoms with van der Waals surface area (Å²) in [4.78, 5) is 3.68. The average Bonchev–Trinajstić information content (AvgIpc) is 2.81. The molecule has 0 radical (unpaired) electrons. The van der Waals surface area contributed by atoms with Crippen LogP contribution in [0.25, 0.3) is 10.1 Å². The van der Waals surface area contributed by atoms with E-state index in [1.54, 1.807) is 0 Å². The molecular weight excluding hydrogens is 252 g/mol. The first-order valence-corrected chi connectivity index (χ1v) is 7.85. The molecule has 0 saturated carbocycles. The van der Waals surface area contributed by atoms with E-state index in [1.807, 2.05) is 11.3 Å². The number of nitrogens with one attached hydrogen (secondary N) is 1. The Balaban J connectivity index is 1.81. The minimum absolute atomic E-state index is 0.455. The van der Waals surface area contributed by atoms with Crippen LogP contribution in [0.2, 0.25) is 0 Å². The molecule has 2 nitrogen and oxygen atoms in total. The molecule has 1 aromatic heterocycles. The van der Waals surface area contributed by atoms with Gasteiger partial charge in [0.2, 0.25) is 0 Å². The summed E-state index contributed by atoms with van der Waals surface area (Å²) in [6, 6.07) is 11.4. The van der Waals surface area contributed by atoms with Crippen LogP contribution < -0.4 is 5.32 Å².